The summed E-state index contributed by atoms with van der Waals surface area (Å²) < 4.78 is 15.5. The highest BCUT2D eigenvalue weighted by Gasteiger charge is 2.11. The van der Waals surface area contributed by atoms with E-state index in [0.717, 1.165) is 12.8 Å². The number of rotatable bonds is 9. The topological polar surface area (TPSA) is 44.8 Å². The van der Waals surface area contributed by atoms with Gasteiger partial charge in [-0.1, -0.05) is 25.5 Å². The van der Waals surface area contributed by atoms with Crippen LogP contribution in [0.4, 0.5) is 0 Å². The molecule has 4 heteroatoms. The van der Waals surface area contributed by atoms with Crippen molar-refractivity contribution < 1.29 is 19.0 Å². The van der Waals surface area contributed by atoms with Crippen LogP contribution in [0.5, 0.6) is 5.75 Å². The zero-order chi connectivity index (χ0) is 13.2. The van der Waals surface area contributed by atoms with Gasteiger partial charge in [-0.2, -0.15) is 0 Å². The fourth-order valence-electron chi connectivity index (χ4n) is 1.43. The van der Waals surface area contributed by atoms with Crippen LogP contribution in [-0.4, -0.2) is 32.9 Å². The van der Waals surface area contributed by atoms with Gasteiger partial charge in [0.05, 0.1) is 5.56 Å². The third kappa shape index (κ3) is 4.85. The number of Topliss-reactive ketones (excluding diaryl/α,β-unsaturated/α-hetero) is 1. The van der Waals surface area contributed by atoms with Crippen LogP contribution in [0.2, 0.25) is 0 Å². The van der Waals surface area contributed by atoms with Gasteiger partial charge in [0.2, 0.25) is 0 Å². The summed E-state index contributed by atoms with van der Waals surface area (Å²) in [5.74, 6) is 0.459. The van der Waals surface area contributed by atoms with Gasteiger partial charge in [0.25, 0.3) is 0 Å². The Morgan fingerprint density at radius 3 is 2.78 bits per heavy atom. The number of benzene rings is 1. The van der Waals surface area contributed by atoms with E-state index in [0.29, 0.717) is 17.9 Å². The molecule has 0 aromatic heterocycles. The Morgan fingerprint density at radius 2 is 2.06 bits per heavy atom. The molecular formula is C14H20O4. The molecule has 0 aliphatic carbocycles. The molecule has 100 valence electrons. The number of carbonyl (C=O) groups is 1. The van der Waals surface area contributed by atoms with Crippen LogP contribution in [0.25, 0.3) is 0 Å². The van der Waals surface area contributed by atoms with E-state index in [1.807, 2.05) is 6.07 Å². The molecule has 0 fully saturated rings. The minimum absolute atomic E-state index is 0.0715. The normalized spacial score (nSPS) is 10.3. The van der Waals surface area contributed by atoms with Gasteiger partial charge in [-0.25, -0.2) is 0 Å². The predicted molar refractivity (Wildman–Crippen MR) is 69.0 cm³/mol. The molecule has 0 amide bonds. The largest absolute Gasteiger partial charge is 0.467 e. The summed E-state index contributed by atoms with van der Waals surface area (Å²) >= 11 is 0. The molecule has 1 aromatic carbocycles. The number of hydrogen-bond donors (Lipinski definition) is 0. The first-order chi connectivity index (χ1) is 8.79. The highest BCUT2D eigenvalue weighted by Crippen LogP contribution is 2.18. The molecule has 1 aromatic rings. The van der Waals surface area contributed by atoms with Gasteiger partial charge < -0.3 is 14.2 Å². The van der Waals surface area contributed by atoms with Crippen molar-refractivity contribution in [3.8, 4) is 5.75 Å². The smallest absolute Gasteiger partial charge is 0.192 e. The summed E-state index contributed by atoms with van der Waals surface area (Å²) in [6.07, 6.45) is 2.02. The van der Waals surface area contributed by atoms with Crippen molar-refractivity contribution in [2.75, 3.05) is 27.1 Å². The van der Waals surface area contributed by atoms with E-state index in [1.54, 1.807) is 18.2 Å². The fraction of sp³-hybridized carbons (Fsp3) is 0.500. The Morgan fingerprint density at radius 1 is 1.28 bits per heavy atom. The highest BCUT2D eigenvalue weighted by molar-refractivity contribution is 5.99. The van der Waals surface area contributed by atoms with Gasteiger partial charge in [-0.15, -0.1) is 0 Å². The molecule has 0 saturated heterocycles. The van der Waals surface area contributed by atoms with Crippen LogP contribution in [0, 0.1) is 0 Å². The zero-order valence-corrected chi connectivity index (χ0v) is 11.0. The molecule has 18 heavy (non-hydrogen) atoms. The summed E-state index contributed by atoms with van der Waals surface area (Å²) in [4.78, 5) is 11.9. The number of methoxy groups -OCH3 is 1. The van der Waals surface area contributed by atoms with Crippen LogP contribution >= 0.6 is 0 Å². The first-order valence-corrected chi connectivity index (χ1v) is 6.11. The van der Waals surface area contributed by atoms with Crippen molar-refractivity contribution >= 4 is 5.78 Å². The van der Waals surface area contributed by atoms with Gasteiger partial charge in [-0.3, -0.25) is 4.79 Å². The maximum atomic E-state index is 11.9. The summed E-state index contributed by atoms with van der Waals surface area (Å²) in [5, 5.41) is 0. The SMILES string of the molecule is CCCCOCC(=O)c1ccccc1OCOC. The number of hydrogen-bond acceptors (Lipinski definition) is 4. The second kappa shape index (κ2) is 8.66. The quantitative estimate of drug-likeness (QED) is 0.385. The average molecular weight is 252 g/mol. The lowest BCUT2D eigenvalue weighted by Gasteiger charge is -2.09. The Kier molecular flexibility index (Phi) is 7.06. The average Bonchev–Trinajstić information content (AvgIpc) is 2.41. The molecule has 0 bridgehead atoms. The van der Waals surface area contributed by atoms with E-state index >= 15 is 0 Å². The van der Waals surface area contributed by atoms with Crippen LogP contribution in [0.15, 0.2) is 24.3 Å². The van der Waals surface area contributed by atoms with Crippen molar-refractivity contribution in [2.24, 2.45) is 0 Å². The molecule has 0 aliphatic heterocycles. The number of carbonyl (C=O) groups excluding carboxylic acids is 1. The number of para-hydroxylation sites is 1. The minimum atomic E-state index is -0.0715. The van der Waals surface area contributed by atoms with Crippen LogP contribution in [0.1, 0.15) is 30.1 Å². The van der Waals surface area contributed by atoms with Crippen molar-refractivity contribution in [2.45, 2.75) is 19.8 Å². The zero-order valence-electron chi connectivity index (χ0n) is 11.0. The van der Waals surface area contributed by atoms with E-state index in [-0.39, 0.29) is 19.2 Å². The van der Waals surface area contributed by atoms with E-state index in [4.69, 9.17) is 14.2 Å². The van der Waals surface area contributed by atoms with Crippen molar-refractivity contribution in [1.29, 1.82) is 0 Å². The molecule has 0 atom stereocenters. The van der Waals surface area contributed by atoms with Crippen molar-refractivity contribution in [1.82, 2.24) is 0 Å². The molecule has 0 radical (unpaired) electrons. The first-order valence-electron chi connectivity index (χ1n) is 6.11. The lowest BCUT2D eigenvalue weighted by Crippen LogP contribution is -2.12. The molecule has 0 saturated carbocycles. The maximum absolute atomic E-state index is 11.9. The predicted octanol–water partition coefficient (Wildman–Crippen LogP) is 2.67. The van der Waals surface area contributed by atoms with E-state index in [2.05, 4.69) is 6.92 Å². The Hall–Kier alpha value is -1.39. The summed E-state index contributed by atoms with van der Waals surface area (Å²) in [6, 6.07) is 7.10. The Labute approximate surface area is 108 Å². The van der Waals surface area contributed by atoms with Crippen LogP contribution < -0.4 is 4.74 Å². The van der Waals surface area contributed by atoms with E-state index in [9.17, 15) is 4.79 Å². The van der Waals surface area contributed by atoms with E-state index in [1.165, 1.54) is 7.11 Å². The Bertz CT molecular complexity index is 363. The molecular weight excluding hydrogens is 232 g/mol. The molecule has 1 rings (SSSR count). The molecule has 0 spiro atoms. The molecule has 0 N–H and O–H groups in total. The Balaban J connectivity index is 2.55. The number of ketones is 1. The lowest BCUT2D eigenvalue weighted by atomic mass is 10.1. The van der Waals surface area contributed by atoms with E-state index < -0.39 is 0 Å². The van der Waals surface area contributed by atoms with Crippen molar-refractivity contribution in [3.05, 3.63) is 29.8 Å². The molecule has 4 nitrogen and oxygen atoms in total. The van der Waals surface area contributed by atoms with Gasteiger partial charge in [0.15, 0.2) is 12.6 Å². The third-order valence-electron chi connectivity index (χ3n) is 2.40. The number of ether oxygens (including phenoxy) is 3. The van der Waals surface area contributed by atoms with Gasteiger partial charge in [-0.05, 0) is 18.6 Å². The van der Waals surface area contributed by atoms with Crippen LogP contribution in [-0.2, 0) is 9.47 Å². The monoisotopic (exact) mass is 252 g/mol. The number of unbranched alkanes of at least 4 members (excludes halogenated alkanes) is 1. The van der Waals surface area contributed by atoms with Crippen LogP contribution in [0.3, 0.4) is 0 Å². The maximum Gasteiger partial charge on any atom is 0.192 e. The van der Waals surface area contributed by atoms with Gasteiger partial charge in [0, 0.05) is 13.7 Å². The molecule has 0 heterocycles. The van der Waals surface area contributed by atoms with Gasteiger partial charge in [0.1, 0.15) is 12.4 Å². The molecule has 0 aliphatic rings. The fourth-order valence-corrected chi connectivity index (χ4v) is 1.43. The lowest BCUT2D eigenvalue weighted by molar-refractivity contribution is 0.0493. The highest BCUT2D eigenvalue weighted by atomic mass is 16.7. The second-order valence-corrected chi connectivity index (χ2v) is 3.88. The third-order valence-corrected chi connectivity index (χ3v) is 2.40. The minimum Gasteiger partial charge on any atom is -0.467 e. The van der Waals surface area contributed by atoms with Gasteiger partial charge >= 0.3 is 0 Å². The summed E-state index contributed by atoms with van der Waals surface area (Å²) in [5.41, 5.74) is 0.533. The molecule has 0 unspecified atom stereocenters. The summed E-state index contributed by atoms with van der Waals surface area (Å²) in [6.45, 7) is 2.91. The van der Waals surface area contributed by atoms with Crippen molar-refractivity contribution in [3.63, 3.8) is 0 Å². The first kappa shape index (κ1) is 14.7. The summed E-state index contributed by atoms with van der Waals surface area (Å²) in [7, 11) is 1.54. The standard InChI is InChI=1S/C14H20O4/c1-3-4-9-17-10-13(15)12-7-5-6-8-14(12)18-11-16-2/h5-8H,3-4,9-11H2,1-2H3. The second-order valence-electron chi connectivity index (χ2n) is 3.88.